The Morgan fingerprint density at radius 3 is 2.68 bits per heavy atom. The summed E-state index contributed by atoms with van der Waals surface area (Å²) in [6, 6.07) is 0.185. The third-order valence-electron chi connectivity index (χ3n) is 5.29. The van der Waals surface area contributed by atoms with E-state index in [1.54, 1.807) is 11.9 Å². The summed E-state index contributed by atoms with van der Waals surface area (Å²) in [6.45, 7) is 5.88. The summed E-state index contributed by atoms with van der Waals surface area (Å²) in [5.41, 5.74) is -0.0641. The number of likely N-dealkylation sites (tertiary alicyclic amines) is 1. The number of aromatic nitrogens is 2. The van der Waals surface area contributed by atoms with Crippen LogP contribution in [0.2, 0.25) is 5.02 Å². The Balaban J connectivity index is 1.64. The van der Waals surface area contributed by atoms with Crippen LogP contribution in [0.4, 0.5) is 4.79 Å². The van der Waals surface area contributed by atoms with E-state index in [0.717, 1.165) is 12.8 Å². The fraction of sp³-hybridized carbons (Fsp3) is 0.706. The number of nitrogens with zero attached hydrogens (tertiary/aromatic N) is 4. The van der Waals surface area contributed by atoms with E-state index >= 15 is 0 Å². The van der Waals surface area contributed by atoms with Gasteiger partial charge in [0.05, 0.1) is 17.8 Å². The van der Waals surface area contributed by atoms with Crippen LogP contribution in [0, 0.1) is 0 Å². The number of hydrogen-bond acceptors (Lipinski definition) is 4. The molecule has 2 amide bonds. The van der Waals surface area contributed by atoms with Gasteiger partial charge in [0.25, 0.3) is 5.91 Å². The molecule has 0 radical (unpaired) electrons. The molecule has 1 spiro atoms. The van der Waals surface area contributed by atoms with Crippen LogP contribution in [-0.2, 0) is 11.8 Å². The second-order valence-electron chi connectivity index (χ2n) is 7.07. The normalized spacial score (nSPS) is 20.9. The van der Waals surface area contributed by atoms with E-state index in [4.69, 9.17) is 16.3 Å². The van der Waals surface area contributed by atoms with E-state index in [2.05, 4.69) is 18.9 Å². The van der Waals surface area contributed by atoms with Gasteiger partial charge in [-0.25, -0.2) is 4.79 Å². The van der Waals surface area contributed by atoms with E-state index < -0.39 is 5.60 Å². The van der Waals surface area contributed by atoms with Crippen molar-refractivity contribution in [3.63, 3.8) is 0 Å². The lowest BCUT2D eigenvalue weighted by atomic mass is 9.90. The highest BCUT2D eigenvalue weighted by Crippen LogP contribution is 2.35. The first kappa shape index (κ1) is 18.0. The summed E-state index contributed by atoms with van der Waals surface area (Å²) in [5.74, 6) is -0.125. The number of ether oxygens (including phenoxy) is 1. The van der Waals surface area contributed by atoms with Gasteiger partial charge in [0, 0.05) is 39.0 Å². The Kier molecular flexibility index (Phi) is 4.95. The van der Waals surface area contributed by atoms with Gasteiger partial charge in [0.2, 0.25) is 0 Å². The second kappa shape index (κ2) is 6.86. The monoisotopic (exact) mass is 368 g/mol. The molecule has 0 aromatic carbocycles. The minimum absolute atomic E-state index is 0.125. The molecule has 2 aliphatic rings. The summed E-state index contributed by atoms with van der Waals surface area (Å²) >= 11 is 6.08. The predicted molar refractivity (Wildman–Crippen MR) is 93.6 cm³/mol. The Bertz CT molecular complexity index is 647. The highest BCUT2D eigenvalue weighted by Gasteiger charge is 2.48. The fourth-order valence-electron chi connectivity index (χ4n) is 3.74. The topological polar surface area (TPSA) is 67.7 Å². The van der Waals surface area contributed by atoms with Crippen LogP contribution >= 0.6 is 11.6 Å². The zero-order valence-electron chi connectivity index (χ0n) is 15.0. The molecule has 25 heavy (non-hydrogen) atoms. The van der Waals surface area contributed by atoms with Crippen molar-refractivity contribution in [3.05, 3.63) is 16.9 Å². The summed E-state index contributed by atoms with van der Waals surface area (Å²) in [5, 5.41) is 4.38. The third kappa shape index (κ3) is 3.34. The maximum absolute atomic E-state index is 12.7. The molecule has 0 saturated carbocycles. The average molecular weight is 369 g/mol. The number of carbonyl (C=O) groups is 2. The molecule has 138 valence electrons. The van der Waals surface area contributed by atoms with Crippen LogP contribution < -0.4 is 0 Å². The molecule has 1 atom stereocenters. The first-order valence-corrected chi connectivity index (χ1v) is 9.21. The maximum Gasteiger partial charge on any atom is 0.410 e. The van der Waals surface area contributed by atoms with Gasteiger partial charge in [-0.3, -0.25) is 9.48 Å². The number of aryl methyl sites for hydroxylation is 1. The first-order chi connectivity index (χ1) is 11.9. The molecule has 0 N–H and O–H groups in total. The van der Waals surface area contributed by atoms with Crippen LogP contribution in [0.5, 0.6) is 0 Å². The Labute approximate surface area is 152 Å². The molecule has 0 bridgehead atoms. The van der Waals surface area contributed by atoms with Crippen molar-refractivity contribution in [2.24, 2.45) is 7.05 Å². The number of piperidine rings is 1. The van der Waals surface area contributed by atoms with Crippen molar-refractivity contribution in [1.82, 2.24) is 19.6 Å². The molecular weight excluding hydrogens is 344 g/mol. The van der Waals surface area contributed by atoms with Gasteiger partial charge in [-0.1, -0.05) is 24.9 Å². The molecule has 1 aromatic rings. The lowest BCUT2D eigenvalue weighted by Gasteiger charge is -2.37. The van der Waals surface area contributed by atoms with E-state index in [-0.39, 0.29) is 18.0 Å². The van der Waals surface area contributed by atoms with Crippen molar-refractivity contribution < 1.29 is 14.3 Å². The van der Waals surface area contributed by atoms with Crippen LogP contribution in [0.25, 0.3) is 0 Å². The van der Waals surface area contributed by atoms with Crippen molar-refractivity contribution in [3.8, 4) is 0 Å². The van der Waals surface area contributed by atoms with Gasteiger partial charge in [0.15, 0.2) is 0 Å². The van der Waals surface area contributed by atoms with Crippen molar-refractivity contribution in [2.45, 2.75) is 51.2 Å². The molecule has 1 aromatic heterocycles. The van der Waals surface area contributed by atoms with Crippen molar-refractivity contribution >= 4 is 23.6 Å². The van der Waals surface area contributed by atoms with Crippen LogP contribution in [-0.4, -0.2) is 62.9 Å². The summed E-state index contributed by atoms with van der Waals surface area (Å²) in [4.78, 5) is 28.5. The Morgan fingerprint density at radius 2 is 2.12 bits per heavy atom. The van der Waals surface area contributed by atoms with Crippen molar-refractivity contribution in [2.75, 3.05) is 19.6 Å². The predicted octanol–water partition coefficient (Wildman–Crippen LogP) is 2.69. The van der Waals surface area contributed by atoms with Gasteiger partial charge >= 0.3 is 6.09 Å². The number of halogens is 1. The van der Waals surface area contributed by atoms with Gasteiger partial charge in [-0.2, -0.15) is 5.10 Å². The number of amides is 2. The first-order valence-electron chi connectivity index (χ1n) is 8.83. The fourth-order valence-corrected chi connectivity index (χ4v) is 3.99. The summed E-state index contributed by atoms with van der Waals surface area (Å²) in [7, 11) is 1.70. The largest absolute Gasteiger partial charge is 0.441 e. The molecule has 2 aliphatic heterocycles. The van der Waals surface area contributed by atoms with Crippen LogP contribution in [0.3, 0.4) is 0 Å². The molecular formula is C17H25ClN4O3. The lowest BCUT2D eigenvalue weighted by molar-refractivity contribution is 0.00278. The molecule has 3 heterocycles. The summed E-state index contributed by atoms with van der Waals surface area (Å²) in [6.07, 6.45) is 4.55. The zero-order chi connectivity index (χ0) is 18.2. The average Bonchev–Trinajstić information content (AvgIpc) is 3.07. The van der Waals surface area contributed by atoms with E-state index in [1.165, 1.54) is 10.9 Å². The standard InChI is InChI=1S/C17H25ClN4O3/c1-4-5-12(2)22-11-17(25-16(22)24)6-8-21(9-7-17)15(23)14-13(18)10-19-20(14)3/h10,12H,4-9,11H2,1-3H3/t12-/m0/s1. The van der Waals surface area contributed by atoms with Gasteiger partial charge in [-0.15, -0.1) is 0 Å². The van der Waals surface area contributed by atoms with Crippen molar-refractivity contribution in [1.29, 1.82) is 0 Å². The number of hydrogen-bond donors (Lipinski definition) is 0. The SMILES string of the molecule is CCC[C@H](C)N1CC2(CCN(C(=O)c3c(Cl)cnn3C)CC2)OC1=O. The molecule has 3 rings (SSSR count). The molecule has 0 aliphatic carbocycles. The number of carbonyl (C=O) groups excluding carboxylic acids is 2. The third-order valence-corrected chi connectivity index (χ3v) is 5.57. The van der Waals surface area contributed by atoms with Gasteiger partial charge < -0.3 is 14.5 Å². The van der Waals surface area contributed by atoms with Gasteiger partial charge in [0.1, 0.15) is 11.3 Å². The van der Waals surface area contributed by atoms with Crippen LogP contribution in [0.1, 0.15) is 50.0 Å². The van der Waals surface area contributed by atoms with E-state index in [1.807, 2.05) is 4.90 Å². The molecule has 7 nitrogen and oxygen atoms in total. The van der Waals surface area contributed by atoms with Gasteiger partial charge in [-0.05, 0) is 13.3 Å². The Morgan fingerprint density at radius 1 is 1.44 bits per heavy atom. The quantitative estimate of drug-likeness (QED) is 0.819. The Hall–Kier alpha value is -1.76. The molecule has 2 fully saturated rings. The molecule has 2 saturated heterocycles. The second-order valence-corrected chi connectivity index (χ2v) is 7.48. The van der Waals surface area contributed by atoms with Crippen LogP contribution in [0.15, 0.2) is 6.20 Å². The molecule has 8 heteroatoms. The minimum Gasteiger partial charge on any atom is -0.441 e. The highest BCUT2D eigenvalue weighted by molar-refractivity contribution is 6.33. The zero-order valence-corrected chi connectivity index (χ0v) is 15.8. The smallest absolute Gasteiger partial charge is 0.410 e. The highest BCUT2D eigenvalue weighted by atomic mass is 35.5. The number of rotatable bonds is 4. The van der Waals surface area contributed by atoms with E-state index in [0.29, 0.717) is 43.2 Å². The minimum atomic E-state index is -0.466. The maximum atomic E-state index is 12.7. The van der Waals surface area contributed by atoms with E-state index in [9.17, 15) is 9.59 Å². The summed E-state index contributed by atoms with van der Waals surface area (Å²) < 4.78 is 7.24. The molecule has 0 unspecified atom stereocenters. The lowest BCUT2D eigenvalue weighted by Crippen LogP contribution is -2.49.